The first-order chi connectivity index (χ1) is 9.86. The van der Waals surface area contributed by atoms with Gasteiger partial charge in [-0.1, -0.05) is 0 Å². The van der Waals surface area contributed by atoms with Gasteiger partial charge >= 0.3 is 0 Å². The third-order valence-electron chi connectivity index (χ3n) is 3.53. The summed E-state index contributed by atoms with van der Waals surface area (Å²) >= 11 is 0. The lowest BCUT2D eigenvalue weighted by atomic mass is 10.1. The molecule has 3 rings (SSSR count). The van der Waals surface area contributed by atoms with Crippen LogP contribution in [0, 0.1) is 0 Å². The van der Waals surface area contributed by atoms with Crippen molar-refractivity contribution >= 4 is 17.0 Å². The Bertz CT molecular complexity index is 570. The van der Waals surface area contributed by atoms with Gasteiger partial charge in [0.2, 0.25) is 0 Å². The number of aliphatic hydroxyl groups is 1. The third kappa shape index (κ3) is 2.86. The van der Waals surface area contributed by atoms with Crippen LogP contribution in [0.1, 0.15) is 12.8 Å². The molecule has 2 aromatic heterocycles. The molecule has 3 heterocycles. The van der Waals surface area contributed by atoms with Crippen LogP contribution >= 0.6 is 0 Å². The summed E-state index contributed by atoms with van der Waals surface area (Å²) in [5.41, 5.74) is 1.50. The lowest BCUT2D eigenvalue weighted by molar-refractivity contribution is 0.0158. The predicted molar refractivity (Wildman–Crippen MR) is 75.6 cm³/mol. The molecular formula is C14H18N4O2. The van der Waals surface area contributed by atoms with Crippen LogP contribution in [-0.4, -0.2) is 52.5 Å². The topological polar surface area (TPSA) is 71.4 Å². The Hall–Kier alpha value is -1.79. The van der Waals surface area contributed by atoms with Crippen molar-refractivity contribution in [2.75, 3.05) is 31.2 Å². The zero-order valence-corrected chi connectivity index (χ0v) is 11.3. The number of hydrogen-bond acceptors (Lipinski definition) is 6. The van der Waals surface area contributed by atoms with Crippen LogP contribution < -0.4 is 4.90 Å². The van der Waals surface area contributed by atoms with Crippen LogP contribution in [0.3, 0.4) is 0 Å². The van der Waals surface area contributed by atoms with E-state index < -0.39 is 0 Å². The summed E-state index contributed by atoms with van der Waals surface area (Å²) < 4.78 is 5.57. The average molecular weight is 274 g/mol. The number of anilines is 1. The molecule has 6 heteroatoms. The zero-order valence-electron chi connectivity index (χ0n) is 11.3. The van der Waals surface area contributed by atoms with E-state index in [1.54, 1.807) is 12.4 Å². The van der Waals surface area contributed by atoms with Gasteiger partial charge in [-0.25, -0.2) is 9.97 Å². The highest BCUT2D eigenvalue weighted by Gasteiger charge is 2.20. The van der Waals surface area contributed by atoms with E-state index in [0.29, 0.717) is 12.3 Å². The first kappa shape index (κ1) is 13.2. The predicted octanol–water partition coefficient (Wildman–Crippen LogP) is 1.00. The third-order valence-corrected chi connectivity index (χ3v) is 3.53. The first-order valence-corrected chi connectivity index (χ1v) is 6.92. The molecule has 1 N–H and O–H groups in total. The Labute approximate surface area is 117 Å². The Morgan fingerprint density at radius 3 is 2.80 bits per heavy atom. The first-order valence-electron chi connectivity index (χ1n) is 6.92. The van der Waals surface area contributed by atoms with Crippen molar-refractivity contribution in [1.29, 1.82) is 0 Å². The van der Waals surface area contributed by atoms with Gasteiger partial charge in [0.15, 0.2) is 5.65 Å². The van der Waals surface area contributed by atoms with E-state index in [1.807, 2.05) is 12.1 Å². The molecule has 6 nitrogen and oxygen atoms in total. The molecule has 1 aliphatic heterocycles. The normalized spacial score (nSPS) is 16.8. The highest BCUT2D eigenvalue weighted by atomic mass is 16.5. The second kappa shape index (κ2) is 6.11. The number of pyridine rings is 1. The molecule has 0 unspecified atom stereocenters. The summed E-state index contributed by atoms with van der Waals surface area (Å²) in [5.74, 6) is 0.943. The van der Waals surface area contributed by atoms with Crippen LogP contribution in [-0.2, 0) is 4.74 Å². The lowest BCUT2D eigenvalue weighted by Crippen LogP contribution is -2.37. The Morgan fingerprint density at radius 1 is 1.20 bits per heavy atom. The fraction of sp³-hybridized carbons (Fsp3) is 0.500. The van der Waals surface area contributed by atoms with E-state index in [0.717, 1.165) is 37.3 Å². The quantitative estimate of drug-likeness (QED) is 0.897. The van der Waals surface area contributed by atoms with Crippen molar-refractivity contribution < 1.29 is 9.84 Å². The van der Waals surface area contributed by atoms with E-state index in [1.165, 1.54) is 0 Å². The van der Waals surface area contributed by atoms with Crippen LogP contribution in [0.25, 0.3) is 11.2 Å². The number of rotatable bonds is 4. The summed E-state index contributed by atoms with van der Waals surface area (Å²) in [7, 11) is 0. The standard InChI is InChI=1S/C14H18N4O2/c19-9-10-20-11-3-7-18(8-4-11)13-2-1-12-14(17-13)16-6-5-15-12/h1-2,5-6,11,19H,3-4,7-10H2. The molecule has 20 heavy (non-hydrogen) atoms. The average Bonchev–Trinajstić information content (AvgIpc) is 2.53. The molecule has 106 valence electrons. The SMILES string of the molecule is OCCOC1CCN(c2ccc3nccnc3n2)CC1. The van der Waals surface area contributed by atoms with Crippen molar-refractivity contribution in [3.63, 3.8) is 0 Å². The highest BCUT2D eigenvalue weighted by molar-refractivity contribution is 5.71. The summed E-state index contributed by atoms with van der Waals surface area (Å²) in [6, 6.07) is 3.95. The fourth-order valence-electron chi connectivity index (χ4n) is 2.49. The van der Waals surface area contributed by atoms with Gasteiger partial charge in [0, 0.05) is 25.5 Å². The minimum atomic E-state index is 0.0884. The van der Waals surface area contributed by atoms with Crippen molar-refractivity contribution in [3.05, 3.63) is 24.5 Å². The van der Waals surface area contributed by atoms with Gasteiger partial charge in [0.05, 0.1) is 19.3 Å². The van der Waals surface area contributed by atoms with Gasteiger partial charge in [-0.05, 0) is 25.0 Å². The van der Waals surface area contributed by atoms with Gasteiger partial charge < -0.3 is 14.7 Å². The molecule has 1 fully saturated rings. The van der Waals surface area contributed by atoms with E-state index in [9.17, 15) is 0 Å². The summed E-state index contributed by atoms with van der Waals surface area (Å²) in [6.07, 6.45) is 5.50. The minimum absolute atomic E-state index is 0.0884. The zero-order chi connectivity index (χ0) is 13.8. The molecule has 0 aromatic carbocycles. The molecule has 0 saturated carbocycles. The van der Waals surface area contributed by atoms with E-state index in [-0.39, 0.29) is 12.7 Å². The van der Waals surface area contributed by atoms with Crippen LogP contribution in [0.15, 0.2) is 24.5 Å². The Kier molecular flexibility index (Phi) is 4.03. The number of piperidine rings is 1. The molecule has 0 spiro atoms. The number of aliphatic hydroxyl groups excluding tert-OH is 1. The van der Waals surface area contributed by atoms with Gasteiger partial charge in [-0.3, -0.25) is 4.98 Å². The van der Waals surface area contributed by atoms with Crippen LogP contribution in [0.4, 0.5) is 5.82 Å². The number of ether oxygens (including phenoxy) is 1. The van der Waals surface area contributed by atoms with Crippen molar-refractivity contribution in [1.82, 2.24) is 15.0 Å². The fourth-order valence-corrected chi connectivity index (χ4v) is 2.49. The van der Waals surface area contributed by atoms with Crippen molar-refractivity contribution in [3.8, 4) is 0 Å². The maximum absolute atomic E-state index is 8.77. The lowest BCUT2D eigenvalue weighted by Gasteiger charge is -2.32. The molecule has 0 atom stereocenters. The number of hydrogen-bond donors (Lipinski definition) is 1. The molecule has 0 aliphatic carbocycles. The highest BCUT2D eigenvalue weighted by Crippen LogP contribution is 2.21. The number of fused-ring (bicyclic) bond motifs is 1. The van der Waals surface area contributed by atoms with E-state index in [4.69, 9.17) is 9.84 Å². The summed E-state index contributed by atoms with van der Waals surface area (Å²) in [5, 5.41) is 8.77. The van der Waals surface area contributed by atoms with Crippen molar-refractivity contribution in [2.24, 2.45) is 0 Å². The summed E-state index contributed by atoms with van der Waals surface area (Å²) in [4.78, 5) is 15.3. The van der Waals surface area contributed by atoms with Crippen LogP contribution in [0.2, 0.25) is 0 Å². The summed E-state index contributed by atoms with van der Waals surface area (Å²) in [6.45, 7) is 2.34. The largest absolute Gasteiger partial charge is 0.394 e. The molecule has 0 bridgehead atoms. The van der Waals surface area contributed by atoms with Crippen molar-refractivity contribution in [2.45, 2.75) is 18.9 Å². The second-order valence-corrected chi connectivity index (χ2v) is 4.85. The van der Waals surface area contributed by atoms with Gasteiger partial charge in [-0.15, -0.1) is 0 Å². The maximum atomic E-state index is 8.77. The number of aromatic nitrogens is 3. The molecule has 0 radical (unpaired) electrons. The maximum Gasteiger partial charge on any atom is 0.180 e. The Balaban J connectivity index is 1.67. The Morgan fingerprint density at radius 2 is 2.00 bits per heavy atom. The van der Waals surface area contributed by atoms with Gasteiger partial charge in [-0.2, -0.15) is 0 Å². The van der Waals surface area contributed by atoms with E-state index in [2.05, 4.69) is 19.9 Å². The molecule has 1 saturated heterocycles. The molecule has 1 aliphatic rings. The van der Waals surface area contributed by atoms with Gasteiger partial charge in [0.1, 0.15) is 11.3 Å². The monoisotopic (exact) mass is 274 g/mol. The second-order valence-electron chi connectivity index (χ2n) is 4.85. The van der Waals surface area contributed by atoms with Gasteiger partial charge in [0.25, 0.3) is 0 Å². The van der Waals surface area contributed by atoms with E-state index >= 15 is 0 Å². The smallest absolute Gasteiger partial charge is 0.180 e. The molecule has 2 aromatic rings. The van der Waals surface area contributed by atoms with Crippen LogP contribution in [0.5, 0.6) is 0 Å². The molecular weight excluding hydrogens is 256 g/mol. The molecule has 0 amide bonds. The minimum Gasteiger partial charge on any atom is -0.394 e. The number of nitrogens with zero attached hydrogens (tertiary/aromatic N) is 4.